The normalized spacial score (nSPS) is 10.0. The number of hydrogen-bond acceptors (Lipinski definition) is 5. The van der Waals surface area contributed by atoms with Crippen molar-refractivity contribution < 1.29 is 4.79 Å². The Bertz CT molecular complexity index is 868. The van der Waals surface area contributed by atoms with Crippen molar-refractivity contribution in [2.24, 2.45) is 0 Å². The zero-order valence-electron chi connectivity index (χ0n) is 12.1. The third-order valence-electron chi connectivity index (χ3n) is 3.12. The van der Waals surface area contributed by atoms with E-state index in [0.29, 0.717) is 17.7 Å². The Hall–Kier alpha value is -3.04. The smallest absolute Gasteiger partial charge is 0.251 e. The van der Waals surface area contributed by atoms with Gasteiger partial charge in [-0.15, -0.1) is 11.3 Å². The van der Waals surface area contributed by atoms with E-state index in [9.17, 15) is 4.79 Å². The maximum Gasteiger partial charge on any atom is 0.251 e. The second-order valence-corrected chi connectivity index (χ2v) is 5.59. The Labute approximate surface area is 137 Å². The van der Waals surface area contributed by atoms with Crippen LogP contribution in [-0.4, -0.2) is 15.9 Å². The van der Waals surface area contributed by atoms with Gasteiger partial charge in [-0.25, -0.2) is 4.98 Å². The van der Waals surface area contributed by atoms with Crippen LogP contribution in [0, 0.1) is 11.3 Å². The van der Waals surface area contributed by atoms with Crippen LogP contribution in [0.2, 0.25) is 0 Å². The number of pyridine rings is 1. The summed E-state index contributed by atoms with van der Waals surface area (Å²) in [5.74, 6) is -0.227. The van der Waals surface area contributed by atoms with Crippen molar-refractivity contribution in [2.45, 2.75) is 6.54 Å². The van der Waals surface area contributed by atoms with Gasteiger partial charge in [0.15, 0.2) is 0 Å². The van der Waals surface area contributed by atoms with Gasteiger partial charge in [-0.2, -0.15) is 5.26 Å². The van der Waals surface area contributed by atoms with Gasteiger partial charge < -0.3 is 5.32 Å². The number of nitriles is 1. The van der Waals surface area contributed by atoms with Crippen LogP contribution in [0.4, 0.5) is 0 Å². The Kier molecular flexibility index (Phi) is 4.41. The van der Waals surface area contributed by atoms with Crippen molar-refractivity contribution in [2.75, 3.05) is 0 Å². The van der Waals surface area contributed by atoms with Gasteiger partial charge in [0, 0.05) is 17.1 Å². The van der Waals surface area contributed by atoms with Gasteiger partial charge in [-0.1, -0.05) is 12.1 Å². The molecule has 1 amide bonds. The molecular weight excluding hydrogens is 308 g/mol. The number of aromatic nitrogens is 2. The Morgan fingerprint density at radius 3 is 2.96 bits per heavy atom. The van der Waals surface area contributed by atoms with Gasteiger partial charge in [0.25, 0.3) is 5.91 Å². The highest BCUT2D eigenvalue weighted by atomic mass is 32.1. The maximum atomic E-state index is 12.1. The first kappa shape index (κ1) is 14.9. The fraction of sp³-hybridized carbons (Fsp3) is 0.0588. The van der Waals surface area contributed by atoms with E-state index in [-0.39, 0.29) is 5.91 Å². The van der Waals surface area contributed by atoms with Crippen LogP contribution in [0.25, 0.3) is 10.7 Å². The van der Waals surface area contributed by atoms with Crippen LogP contribution in [0.1, 0.15) is 21.6 Å². The summed E-state index contributed by atoms with van der Waals surface area (Å²) in [6.07, 6.45) is 1.72. The van der Waals surface area contributed by atoms with E-state index in [1.165, 1.54) is 11.3 Å². The Balaban J connectivity index is 1.66. The van der Waals surface area contributed by atoms with Crippen molar-refractivity contribution in [3.63, 3.8) is 0 Å². The minimum atomic E-state index is -0.227. The molecule has 2 heterocycles. The van der Waals surface area contributed by atoms with Crippen LogP contribution < -0.4 is 5.32 Å². The fourth-order valence-electron chi connectivity index (χ4n) is 2.00. The first-order valence-corrected chi connectivity index (χ1v) is 7.78. The van der Waals surface area contributed by atoms with Gasteiger partial charge in [-0.3, -0.25) is 9.78 Å². The maximum absolute atomic E-state index is 12.1. The molecule has 0 aliphatic rings. The lowest BCUT2D eigenvalue weighted by molar-refractivity contribution is 0.0950. The van der Waals surface area contributed by atoms with Crippen LogP contribution in [0.15, 0.2) is 54.0 Å². The lowest BCUT2D eigenvalue weighted by atomic mass is 10.1. The molecule has 6 heteroatoms. The zero-order valence-corrected chi connectivity index (χ0v) is 12.9. The highest BCUT2D eigenvalue weighted by Gasteiger charge is 2.09. The number of benzene rings is 1. The van der Waals surface area contributed by atoms with E-state index in [0.717, 1.165) is 16.4 Å². The first-order chi connectivity index (χ1) is 11.3. The number of nitrogens with zero attached hydrogens (tertiary/aromatic N) is 3. The average Bonchev–Trinajstić information content (AvgIpc) is 3.09. The van der Waals surface area contributed by atoms with E-state index in [4.69, 9.17) is 5.26 Å². The fourth-order valence-corrected chi connectivity index (χ4v) is 2.79. The van der Waals surface area contributed by atoms with Crippen molar-refractivity contribution in [1.29, 1.82) is 5.26 Å². The summed E-state index contributed by atoms with van der Waals surface area (Å²) in [6.45, 7) is 0.332. The van der Waals surface area contributed by atoms with Crippen molar-refractivity contribution in [3.8, 4) is 16.8 Å². The Morgan fingerprint density at radius 2 is 2.17 bits per heavy atom. The standard InChI is InChI=1S/C17H12N4OS/c18-9-12-4-3-5-13(8-12)16(22)20-10-14-11-23-17(21-14)15-6-1-2-7-19-15/h1-8,11H,10H2,(H,20,22). The Morgan fingerprint density at radius 1 is 1.26 bits per heavy atom. The number of carbonyl (C=O) groups excluding carboxylic acids is 1. The summed E-state index contributed by atoms with van der Waals surface area (Å²) < 4.78 is 0. The van der Waals surface area contributed by atoms with E-state index in [1.807, 2.05) is 29.6 Å². The van der Waals surface area contributed by atoms with Gasteiger partial charge in [0.2, 0.25) is 0 Å². The van der Waals surface area contributed by atoms with Crippen molar-refractivity contribution in [3.05, 3.63) is 70.9 Å². The molecule has 2 aromatic heterocycles. The predicted octanol–water partition coefficient (Wildman–Crippen LogP) is 3.01. The molecule has 0 atom stereocenters. The van der Waals surface area contributed by atoms with Crippen LogP contribution >= 0.6 is 11.3 Å². The summed E-state index contributed by atoms with van der Waals surface area (Å²) in [5, 5.41) is 14.4. The summed E-state index contributed by atoms with van der Waals surface area (Å²) in [7, 11) is 0. The minimum absolute atomic E-state index is 0.227. The van der Waals surface area contributed by atoms with Crippen molar-refractivity contribution in [1.82, 2.24) is 15.3 Å². The second kappa shape index (κ2) is 6.81. The molecule has 0 spiro atoms. The van der Waals surface area contributed by atoms with E-state index < -0.39 is 0 Å². The molecule has 23 heavy (non-hydrogen) atoms. The minimum Gasteiger partial charge on any atom is -0.346 e. The number of thiazole rings is 1. The number of rotatable bonds is 4. The topological polar surface area (TPSA) is 78.7 Å². The molecule has 3 rings (SSSR count). The van der Waals surface area contributed by atoms with Crippen LogP contribution in [-0.2, 0) is 6.54 Å². The lowest BCUT2D eigenvalue weighted by Crippen LogP contribution is -2.22. The monoisotopic (exact) mass is 320 g/mol. The van der Waals surface area contributed by atoms with E-state index >= 15 is 0 Å². The second-order valence-electron chi connectivity index (χ2n) is 4.73. The van der Waals surface area contributed by atoms with E-state index in [2.05, 4.69) is 15.3 Å². The number of carbonyl (C=O) groups is 1. The summed E-state index contributed by atoms with van der Waals surface area (Å²) >= 11 is 1.49. The highest BCUT2D eigenvalue weighted by Crippen LogP contribution is 2.21. The van der Waals surface area contributed by atoms with Gasteiger partial charge >= 0.3 is 0 Å². The molecule has 112 valence electrons. The summed E-state index contributed by atoms with van der Waals surface area (Å²) in [5.41, 5.74) is 2.52. The average molecular weight is 320 g/mol. The van der Waals surface area contributed by atoms with Crippen molar-refractivity contribution >= 4 is 17.2 Å². The summed E-state index contributed by atoms with van der Waals surface area (Å²) in [4.78, 5) is 20.8. The number of amides is 1. The molecule has 1 aromatic carbocycles. The molecular formula is C17H12N4OS. The zero-order chi connectivity index (χ0) is 16.1. The molecule has 0 fully saturated rings. The molecule has 0 saturated carbocycles. The third kappa shape index (κ3) is 3.59. The van der Waals surface area contributed by atoms with Gasteiger partial charge in [-0.05, 0) is 30.3 Å². The number of nitrogens with one attached hydrogen (secondary N) is 1. The van der Waals surface area contributed by atoms with E-state index in [1.54, 1.807) is 30.5 Å². The quantitative estimate of drug-likeness (QED) is 0.801. The third-order valence-corrected chi connectivity index (χ3v) is 4.03. The first-order valence-electron chi connectivity index (χ1n) is 6.90. The predicted molar refractivity (Wildman–Crippen MR) is 87.7 cm³/mol. The van der Waals surface area contributed by atoms with Crippen LogP contribution in [0.5, 0.6) is 0 Å². The van der Waals surface area contributed by atoms with Gasteiger partial charge in [0.05, 0.1) is 29.6 Å². The number of hydrogen-bond donors (Lipinski definition) is 1. The molecule has 5 nitrogen and oxygen atoms in total. The molecule has 1 N–H and O–H groups in total. The molecule has 0 unspecified atom stereocenters. The molecule has 0 radical (unpaired) electrons. The molecule has 3 aromatic rings. The lowest BCUT2D eigenvalue weighted by Gasteiger charge is -2.03. The highest BCUT2D eigenvalue weighted by molar-refractivity contribution is 7.13. The van der Waals surface area contributed by atoms with Crippen LogP contribution in [0.3, 0.4) is 0 Å². The molecule has 0 aliphatic carbocycles. The van der Waals surface area contributed by atoms with Gasteiger partial charge in [0.1, 0.15) is 5.01 Å². The largest absolute Gasteiger partial charge is 0.346 e. The SMILES string of the molecule is N#Cc1cccc(C(=O)NCc2csc(-c3ccccn3)n2)c1. The summed E-state index contributed by atoms with van der Waals surface area (Å²) in [6, 6.07) is 14.3. The molecule has 0 bridgehead atoms. The molecule has 0 saturated heterocycles. The molecule has 0 aliphatic heterocycles.